The van der Waals surface area contributed by atoms with Gasteiger partial charge < -0.3 is 19.3 Å². The second-order valence-corrected chi connectivity index (χ2v) is 9.09. The van der Waals surface area contributed by atoms with E-state index in [9.17, 15) is 4.79 Å². The van der Waals surface area contributed by atoms with E-state index in [2.05, 4.69) is 17.9 Å². The smallest absolute Gasteiger partial charge is 0.222 e. The van der Waals surface area contributed by atoms with Gasteiger partial charge in [0, 0.05) is 32.6 Å². The van der Waals surface area contributed by atoms with Crippen molar-refractivity contribution in [3.63, 3.8) is 0 Å². The highest BCUT2D eigenvalue weighted by Crippen LogP contribution is 2.40. The van der Waals surface area contributed by atoms with E-state index < -0.39 is 0 Å². The molecule has 0 radical (unpaired) electrons. The number of hydrogen-bond donors (Lipinski definition) is 0. The third-order valence-corrected chi connectivity index (χ3v) is 6.86. The number of methoxy groups -OCH3 is 1. The van der Waals surface area contributed by atoms with Crippen LogP contribution in [-0.2, 0) is 4.79 Å². The number of amidine groups is 1. The van der Waals surface area contributed by atoms with Crippen LogP contribution in [0.25, 0.3) is 0 Å². The Morgan fingerprint density at radius 3 is 2.59 bits per heavy atom. The molecule has 0 N–H and O–H groups in total. The normalized spacial score (nSPS) is 18.4. The van der Waals surface area contributed by atoms with Crippen LogP contribution in [0.4, 0.5) is 5.69 Å². The van der Waals surface area contributed by atoms with Crippen molar-refractivity contribution in [3.05, 3.63) is 47.5 Å². The molecular weight excluding hydrogens is 402 g/mol. The molecule has 2 heterocycles. The SMILES string of the molecule is COc1ccc2c(c1)C(N1CCN(C(=O)CC3CCCC3)CC1)=Nc1ccc(C)cc1O2. The Morgan fingerprint density at radius 1 is 1.06 bits per heavy atom. The van der Waals surface area contributed by atoms with Gasteiger partial charge in [-0.3, -0.25) is 4.79 Å². The molecule has 32 heavy (non-hydrogen) atoms. The molecule has 2 aromatic rings. The molecule has 5 rings (SSSR count). The summed E-state index contributed by atoms with van der Waals surface area (Å²) >= 11 is 0. The molecule has 2 aliphatic heterocycles. The molecule has 2 fully saturated rings. The van der Waals surface area contributed by atoms with Crippen molar-refractivity contribution in [1.82, 2.24) is 9.80 Å². The number of aryl methyl sites for hydroxylation is 1. The third-order valence-electron chi connectivity index (χ3n) is 6.86. The molecule has 1 amide bonds. The maximum atomic E-state index is 12.8. The summed E-state index contributed by atoms with van der Waals surface area (Å²) in [5.74, 6) is 4.08. The minimum Gasteiger partial charge on any atom is -0.497 e. The minimum atomic E-state index is 0.311. The van der Waals surface area contributed by atoms with E-state index in [4.69, 9.17) is 14.5 Å². The number of amides is 1. The van der Waals surface area contributed by atoms with E-state index in [0.717, 1.165) is 66.1 Å². The van der Waals surface area contributed by atoms with Crippen LogP contribution in [0.15, 0.2) is 41.4 Å². The first-order chi connectivity index (χ1) is 15.6. The van der Waals surface area contributed by atoms with Crippen molar-refractivity contribution in [2.75, 3.05) is 33.3 Å². The maximum Gasteiger partial charge on any atom is 0.222 e. The lowest BCUT2D eigenvalue weighted by atomic mass is 10.0. The zero-order chi connectivity index (χ0) is 22.1. The van der Waals surface area contributed by atoms with Gasteiger partial charge in [-0.05, 0) is 61.6 Å². The second-order valence-electron chi connectivity index (χ2n) is 9.09. The fourth-order valence-electron chi connectivity index (χ4n) is 4.99. The predicted octanol–water partition coefficient (Wildman–Crippen LogP) is 4.91. The number of carbonyl (C=O) groups excluding carboxylic acids is 1. The summed E-state index contributed by atoms with van der Waals surface area (Å²) in [5.41, 5.74) is 2.87. The lowest BCUT2D eigenvalue weighted by molar-refractivity contribution is -0.133. The summed E-state index contributed by atoms with van der Waals surface area (Å²) in [6.45, 7) is 5.02. The number of ether oxygens (including phenoxy) is 2. The number of rotatable bonds is 3. The monoisotopic (exact) mass is 433 g/mol. The summed E-state index contributed by atoms with van der Waals surface area (Å²) < 4.78 is 11.8. The van der Waals surface area contributed by atoms with Crippen LogP contribution in [0.1, 0.15) is 43.2 Å². The van der Waals surface area contributed by atoms with E-state index in [1.165, 1.54) is 25.7 Å². The molecule has 1 saturated heterocycles. The average Bonchev–Trinajstić information content (AvgIpc) is 3.26. The Balaban J connectivity index is 1.39. The minimum absolute atomic E-state index is 0.311. The molecule has 0 atom stereocenters. The van der Waals surface area contributed by atoms with Gasteiger partial charge in [0.05, 0.1) is 12.7 Å². The van der Waals surface area contributed by atoms with Crippen LogP contribution >= 0.6 is 0 Å². The zero-order valence-electron chi connectivity index (χ0n) is 19.0. The van der Waals surface area contributed by atoms with E-state index in [-0.39, 0.29) is 0 Å². The molecular formula is C26H31N3O3. The average molecular weight is 434 g/mol. The van der Waals surface area contributed by atoms with Crippen LogP contribution in [0.5, 0.6) is 17.2 Å². The van der Waals surface area contributed by atoms with Gasteiger partial charge in [-0.15, -0.1) is 0 Å². The van der Waals surface area contributed by atoms with Gasteiger partial charge in [0.1, 0.15) is 23.0 Å². The number of fused-ring (bicyclic) bond motifs is 2. The Labute approximate surface area is 189 Å². The Hall–Kier alpha value is -3.02. The van der Waals surface area contributed by atoms with Gasteiger partial charge in [-0.2, -0.15) is 0 Å². The molecule has 1 saturated carbocycles. The molecule has 168 valence electrons. The van der Waals surface area contributed by atoms with E-state index in [1.54, 1.807) is 7.11 Å². The highest BCUT2D eigenvalue weighted by Gasteiger charge is 2.29. The van der Waals surface area contributed by atoms with Crippen molar-refractivity contribution in [2.45, 2.75) is 39.0 Å². The Bertz CT molecular complexity index is 1030. The number of nitrogens with zero attached hydrogens (tertiary/aromatic N) is 3. The fourth-order valence-corrected chi connectivity index (χ4v) is 4.99. The number of piperazine rings is 1. The van der Waals surface area contributed by atoms with Gasteiger partial charge in [-0.1, -0.05) is 18.9 Å². The molecule has 0 aromatic heterocycles. The third kappa shape index (κ3) is 4.18. The van der Waals surface area contributed by atoms with Gasteiger partial charge in [0.15, 0.2) is 5.75 Å². The van der Waals surface area contributed by atoms with Crippen molar-refractivity contribution in [3.8, 4) is 17.2 Å². The highest BCUT2D eigenvalue weighted by atomic mass is 16.5. The summed E-state index contributed by atoms with van der Waals surface area (Å²) in [6, 6.07) is 11.9. The molecule has 1 aliphatic carbocycles. The Kier molecular flexibility index (Phi) is 5.77. The fraction of sp³-hybridized carbons (Fsp3) is 0.462. The quantitative estimate of drug-likeness (QED) is 0.690. The van der Waals surface area contributed by atoms with Gasteiger partial charge in [0.25, 0.3) is 0 Å². The van der Waals surface area contributed by atoms with Crippen LogP contribution in [-0.4, -0.2) is 54.8 Å². The zero-order valence-corrected chi connectivity index (χ0v) is 19.0. The standard InChI is InChI=1S/C26H31N3O3/c1-18-7-9-22-24(15-18)32-23-10-8-20(31-2)17-21(23)26(27-22)29-13-11-28(12-14-29)25(30)16-19-5-3-4-6-19/h7-10,15,17,19H,3-6,11-14,16H2,1-2H3. The summed E-state index contributed by atoms with van der Waals surface area (Å²) in [5, 5.41) is 0. The van der Waals surface area contributed by atoms with Gasteiger partial charge >= 0.3 is 0 Å². The van der Waals surface area contributed by atoms with Crippen LogP contribution in [0.3, 0.4) is 0 Å². The largest absolute Gasteiger partial charge is 0.497 e. The topological polar surface area (TPSA) is 54.4 Å². The first-order valence-corrected chi connectivity index (χ1v) is 11.7. The first kappa shape index (κ1) is 20.9. The van der Waals surface area contributed by atoms with Crippen molar-refractivity contribution < 1.29 is 14.3 Å². The lowest BCUT2D eigenvalue weighted by Crippen LogP contribution is -2.51. The molecule has 0 unspecified atom stereocenters. The molecule has 0 spiro atoms. The number of aliphatic imine (C=N–C) groups is 1. The van der Waals surface area contributed by atoms with Crippen LogP contribution < -0.4 is 9.47 Å². The number of carbonyl (C=O) groups is 1. The van der Waals surface area contributed by atoms with Gasteiger partial charge in [-0.25, -0.2) is 4.99 Å². The summed E-state index contributed by atoms with van der Waals surface area (Å²) in [6.07, 6.45) is 5.68. The second kappa shape index (κ2) is 8.85. The number of hydrogen-bond acceptors (Lipinski definition) is 5. The van der Waals surface area contributed by atoms with Crippen LogP contribution in [0, 0.1) is 12.8 Å². The first-order valence-electron chi connectivity index (χ1n) is 11.7. The highest BCUT2D eigenvalue weighted by molar-refractivity contribution is 6.04. The molecule has 2 aromatic carbocycles. The maximum absolute atomic E-state index is 12.8. The molecule has 0 bridgehead atoms. The molecule has 3 aliphatic rings. The summed E-state index contributed by atoms with van der Waals surface area (Å²) in [4.78, 5) is 22.2. The Morgan fingerprint density at radius 2 is 1.84 bits per heavy atom. The molecule has 6 heteroatoms. The van der Waals surface area contributed by atoms with E-state index in [0.29, 0.717) is 18.2 Å². The lowest BCUT2D eigenvalue weighted by Gasteiger charge is -2.37. The van der Waals surface area contributed by atoms with Crippen molar-refractivity contribution in [2.24, 2.45) is 10.9 Å². The summed E-state index contributed by atoms with van der Waals surface area (Å²) in [7, 11) is 1.67. The predicted molar refractivity (Wildman–Crippen MR) is 125 cm³/mol. The van der Waals surface area contributed by atoms with Crippen molar-refractivity contribution in [1.29, 1.82) is 0 Å². The van der Waals surface area contributed by atoms with Gasteiger partial charge in [0.2, 0.25) is 5.91 Å². The van der Waals surface area contributed by atoms with E-state index in [1.807, 2.05) is 35.2 Å². The van der Waals surface area contributed by atoms with Crippen LogP contribution in [0.2, 0.25) is 0 Å². The van der Waals surface area contributed by atoms with Crippen molar-refractivity contribution >= 4 is 17.4 Å². The molecule has 6 nitrogen and oxygen atoms in total. The van der Waals surface area contributed by atoms with E-state index >= 15 is 0 Å². The number of benzene rings is 2.